The molecule has 3 rings (SSSR count). The molecule has 7 nitrogen and oxygen atoms in total. The quantitative estimate of drug-likeness (QED) is 0.696. The maximum Gasteiger partial charge on any atom is 0.451 e. The number of piperidine rings is 1. The van der Waals surface area contributed by atoms with Gasteiger partial charge in [-0.05, 0) is 25.0 Å². The second-order valence-electron chi connectivity index (χ2n) is 6.56. The first-order chi connectivity index (χ1) is 13.4. The normalized spacial score (nSPS) is 16.3. The van der Waals surface area contributed by atoms with Crippen LogP contribution in [0.3, 0.4) is 0 Å². The Labute approximate surface area is 159 Å². The highest BCUT2D eigenvalue weighted by molar-refractivity contribution is 5.94. The molecule has 0 spiro atoms. The topological polar surface area (TPSA) is 73.0 Å². The Bertz CT molecular complexity index is 952. The fourth-order valence-electron chi connectivity index (χ4n) is 3.13. The summed E-state index contributed by atoms with van der Waals surface area (Å²) in [6.45, 7) is 0.212. The molecule has 0 radical (unpaired) electrons. The van der Waals surface area contributed by atoms with Gasteiger partial charge in [-0.15, -0.1) is 5.10 Å². The van der Waals surface area contributed by atoms with Crippen molar-refractivity contribution in [3.63, 3.8) is 0 Å². The van der Waals surface area contributed by atoms with Gasteiger partial charge in [0.15, 0.2) is 0 Å². The third kappa shape index (κ3) is 4.12. The van der Waals surface area contributed by atoms with E-state index in [0.29, 0.717) is 10.6 Å². The smallest absolute Gasteiger partial charge is 0.338 e. The number of pyridine rings is 1. The minimum Gasteiger partial charge on any atom is -0.338 e. The summed E-state index contributed by atoms with van der Waals surface area (Å²) < 4.78 is 77.6. The van der Waals surface area contributed by atoms with E-state index in [2.05, 4.69) is 10.1 Å². The maximum absolute atomic E-state index is 12.9. The molecule has 158 valence electrons. The Hall–Kier alpha value is -2.86. The van der Waals surface area contributed by atoms with E-state index >= 15 is 0 Å². The first-order valence-electron chi connectivity index (χ1n) is 8.45. The van der Waals surface area contributed by atoms with Crippen LogP contribution in [0.5, 0.6) is 0 Å². The van der Waals surface area contributed by atoms with E-state index in [0.717, 1.165) is 24.0 Å². The molecule has 0 bridgehead atoms. The molecule has 0 unspecified atom stereocenters. The molecule has 2 aromatic rings. The van der Waals surface area contributed by atoms with Gasteiger partial charge in [-0.25, -0.2) is 9.48 Å². The average molecular weight is 423 g/mol. The number of rotatable bonds is 2. The lowest BCUT2D eigenvalue weighted by atomic mass is 10.0. The highest BCUT2D eigenvalue weighted by Gasteiger charge is 2.39. The Morgan fingerprint density at radius 1 is 1.07 bits per heavy atom. The molecule has 1 fully saturated rings. The summed E-state index contributed by atoms with van der Waals surface area (Å²) in [7, 11) is 0.977. The van der Waals surface area contributed by atoms with Crippen LogP contribution in [-0.4, -0.2) is 43.2 Å². The van der Waals surface area contributed by atoms with Gasteiger partial charge in [-0.1, -0.05) is 0 Å². The fourth-order valence-corrected chi connectivity index (χ4v) is 3.13. The van der Waals surface area contributed by atoms with Crippen molar-refractivity contribution < 1.29 is 31.1 Å². The largest absolute Gasteiger partial charge is 0.451 e. The van der Waals surface area contributed by atoms with Crippen molar-refractivity contribution in [3.8, 4) is 0 Å². The molecule has 0 saturated carbocycles. The second-order valence-corrected chi connectivity index (χ2v) is 6.56. The van der Waals surface area contributed by atoms with Crippen LogP contribution >= 0.6 is 0 Å². The predicted molar refractivity (Wildman–Crippen MR) is 85.9 cm³/mol. The average Bonchev–Trinajstić information content (AvgIpc) is 2.96. The number of halogens is 6. The summed E-state index contributed by atoms with van der Waals surface area (Å²) in [5.74, 6) is -1.86. The van der Waals surface area contributed by atoms with Crippen molar-refractivity contribution in [2.24, 2.45) is 7.05 Å². The van der Waals surface area contributed by atoms with Gasteiger partial charge in [0.2, 0.25) is 5.82 Å². The monoisotopic (exact) mass is 423 g/mol. The zero-order valence-electron chi connectivity index (χ0n) is 15.0. The Morgan fingerprint density at radius 3 is 2.14 bits per heavy atom. The minimum atomic E-state index is -4.77. The molecular formula is C16H15F6N5O2. The molecule has 0 N–H and O–H groups in total. The van der Waals surface area contributed by atoms with E-state index in [1.165, 1.54) is 4.90 Å². The molecule has 29 heavy (non-hydrogen) atoms. The molecule has 1 amide bonds. The van der Waals surface area contributed by atoms with Crippen LogP contribution in [0.15, 0.2) is 23.1 Å². The number of hydrogen-bond donors (Lipinski definition) is 0. The third-order valence-corrected chi connectivity index (χ3v) is 4.66. The van der Waals surface area contributed by atoms with Crippen molar-refractivity contribution in [2.75, 3.05) is 13.1 Å². The SMILES string of the molecule is Cn1c(C(F)(F)F)nn(C2CCN(C(=O)c3ccc(C(F)(F)F)nc3)CC2)c1=O. The maximum atomic E-state index is 12.9. The van der Waals surface area contributed by atoms with Gasteiger partial charge in [0, 0.05) is 26.3 Å². The Morgan fingerprint density at radius 2 is 1.69 bits per heavy atom. The number of carbonyl (C=O) groups excluding carboxylic acids is 1. The number of likely N-dealkylation sites (tertiary alicyclic amines) is 1. The van der Waals surface area contributed by atoms with Gasteiger partial charge >= 0.3 is 18.0 Å². The van der Waals surface area contributed by atoms with Gasteiger partial charge < -0.3 is 4.90 Å². The van der Waals surface area contributed by atoms with E-state index < -0.39 is 41.5 Å². The summed E-state index contributed by atoms with van der Waals surface area (Å²) in [4.78, 5) is 29.1. The highest BCUT2D eigenvalue weighted by Crippen LogP contribution is 2.29. The Balaban J connectivity index is 1.69. The highest BCUT2D eigenvalue weighted by atomic mass is 19.4. The standard InChI is InChI=1S/C16H15F6N5O2/c1-25-13(16(20,21)22)24-27(14(25)29)10-4-6-26(7-5-10)12(28)9-2-3-11(23-8-9)15(17,18)19/h2-3,8,10H,4-7H2,1H3. The molecule has 3 heterocycles. The molecule has 13 heteroatoms. The molecule has 0 aromatic carbocycles. The van der Waals surface area contributed by atoms with Crippen molar-refractivity contribution in [1.82, 2.24) is 24.2 Å². The number of nitrogens with zero attached hydrogens (tertiary/aromatic N) is 5. The number of amides is 1. The fraction of sp³-hybridized carbons (Fsp3) is 0.500. The van der Waals surface area contributed by atoms with Gasteiger partial charge in [0.1, 0.15) is 5.69 Å². The summed E-state index contributed by atoms with van der Waals surface area (Å²) in [5, 5.41) is 3.39. The van der Waals surface area contributed by atoms with Crippen LogP contribution in [0.4, 0.5) is 26.3 Å². The molecular weight excluding hydrogens is 408 g/mol. The minimum absolute atomic E-state index is 0.0363. The van der Waals surface area contributed by atoms with E-state index in [1.54, 1.807) is 0 Å². The van der Waals surface area contributed by atoms with Crippen LogP contribution in [-0.2, 0) is 19.4 Å². The van der Waals surface area contributed by atoms with E-state index in [4.69, 9.17) is 0 Å². The van der Waals surface area contributed by atoms with Crippen LogP contribution in [0, 0.1) is 0 Å². The lowest BCUT2D eigenvalue weighted by Gasteiger charge is -2.31. The first-order valence-corrected chi connectivity index (χ1v) is 8.45. The zero-order valence-corrected chi connectivity index (χ0v) is 15.0. The first kappa shape index (κ1) is 20.9. The summed E-state index contributed by atoms with van der Waals surface area (Å²) in [6, 6.07) is 1.09. The van der Waals surface area contributed by atoms with Crippen molar-refractivity contribution in [3.05, 3.63) is 45.9 Å². The molecule has 1 saturated heterocycles. The van der Waals surface area contributed by atoms with Gasteiger partial charge in [-0.2, -0.15) is 26.3 Å². The number of carbonyl (C=O) groups is 1. The van der Waals surface area contributed by atoms with Gasteiger partial charge in [0.05, 0.1) is 11.6 Å². The lowest BCUT2D eigenvalue weighted by Crippen LogP contribution is -2.41. The van der Waals surface area contributed by atoms with E-state index in [-0.39, 0.29) is 31.5 Å². The van der Waals surface area contributed by atoms with E-state index in [9.17, 15) is 35.9 Å². The van der Waals surface area contributed by atoms with Gasteiger partial charge in [-0.3, -0.25) is 14.3 Å². The van der Waals surface area contributed by atoms with Gasteiger partial charge in [0.25, 0.3) is 5.91 Å². The van der Waals surface area contributed by atoms with E-state index in [1.807, 2.05) is 0 Å². The zero-order chi connectivity index (χ0) is 21.6. The molecule has 1 aliphatic rings. The van der Waals surface area contributed by atoms with Crippen LogP contribution < -0.4 is 5.69 Å². The summed E-state index contributed by atoms with van der Waals surface area (Å²) in [6.07, 6.45) is -8.21. The van der Waals surface area contributed by atoms with Crippen molar-refractivity contribution in [2.45, 2.75) is 31.2 Å². The van der Waals surface area contributed by atoms with Crippen LogP contribution in [0.25, 0.3) is 0 Å². The second kappa shape index (κ2) is 7.19. The lowest BCUT2D eigenvalue weighted by molar-refractivity contribution is -0.147. The summed E-state index contributed by atoms with van der Waals surface area (Å²) >= 11 is 0. The third-order valence-electron chi connectivity index (χ3n) is 4.66. The molecule has 1 aliphatic heterocycles. The number of hydrogen-bond acceptors (Lipinski definition) is 4. The van der Waals surface area contributed by atoms with Crippen molar-refractivity contribution >= 4 is 5.91 Å². The summed E-state index contributed by atoms with van der Waals surface area (Å²) in [5.41, 5.74) is -2.07. The van der Waals surface area contributed by atoms with Crippen LogP contribution in [0.2, 0.25) is 0 Å². The molecule has 0 atom stereocenters. The number of alkyl halides is 6. The molecule has 2 aromatic heterocycles. The van der Waals surface area contributed by atoms with Crippen LogP contribution in [0.1, 0.15) is 40.8 Å². The predicted octanol–water partition coefficient (Wildman–Crippen LogP) is 2.49. The van der Waals surface area contributed by atoms with Crippen molar-refractivity contribution in [1.29, 1.82) is 0 Å². The Kier molecular flexibility index (Phi) is 5.17. The number of aromatic nitrogens is 4. The molecule has 0 aliphatic carbocycles.